The summed E-state index contributed by atoms with van der Waals surface area (Å²) in [4.78, 5) is 47.7. The Labute approximate surface area is 193 Å². The van der Waals surface area contributed by atoms with Crippen LogP contribution in [0.25, 0.3) is 6.08 Å². The van der Waals surface area contributed by atoms with Crippen LogP contribution in [0.1, 0.15) is 18.1 Å². The van der Waals surface area contributed by atoms with Crippen LogP contribution in [0.5, 0.6) is 11.5 Å². The van der Waals surface area contributed by atoms with Crippen LogP contribution >= 0.6 is 11.8 Å². The molecule has 1 heterocycles. The average molecular weight is 472 g/mol. The number of imide groups is 1. The van der Waals surface area contributed by atoms with E-state index in [0.717, 1.165) is 16.7 Å². The minimum absolute atomic E-state index is 0.0387. The number of rotatable bonds is 9. The van der Waals surface area contributed by atoms with Crippen LogP contribution in [0, 0.1) is 10.1 Å². The summed E-state index contributed by atoms with van der Waals surface area (Å²) < 4.78 is 15.9. The van der Waals surface area contributed by atoms with Gasteiger partial charge in [0.05, 0.1) is 29.1 Å². The molecule has 0 aromatic heterocycles. The zero-order valence-corrected chi connectivity index (χ0v) is 18.6. The molecule has 33 heavy (non-hydrogen) atoms. The Bertz CT molecular complexity index is 1130. The zero-order chi connectivity index (χ0) is 24.0. The van der Waals surface area contributed by atoms with Crippen molar-refractivity contribution in [1.29, 1.82) is 0 Å². The number of esters is 1. The number of nitro groups is 1. The molecular formula is C22H20N2O8S. The van der Waals surface area contributed by atoms with Crippen LogP contribution in [-0.2, 0) is 20.9 Å². The molecular weight excluding hydrogens is 452 g/mol. The molecule has 0 spiro atoms. The highest BCUT2D eigenvalue weighted by Gasteiger charge is 2.36. The molecule has 0 atom stereocenters. The minimum atomic E-state index is -0.697. The van der Waals surface area contributed by atoms with Crippen LogP contribution < -0.4 is 9.47 Å². The van der Waals surface area contributed by atoms with E-state index < -0.39 is 28.6 Å². The molecule has 3 rings (SSSR count). The van der Waals surface area contributed by atoms with Gasteiger partial charge in [-0.25, -0.2) is 0 Å². The summed E-state index contributed by atoms with van der Waals surface area (Å²) in [5.41, 5.74) is 0.933. The Morgan fingerprint density at radius 3 is 2.61 bits per heavy atom. The zero-order valence-electron chi connectivity index (χ0n) is 17.8. The van der Waals surface area contributed by atoms with Gasteiger partial charge in [-0.3, -0.25) is 29.4 Å². The first-order valence-corrected chi connectivity index (χ1v) is 10.6. The average Bonchev–Trinajstić information content (AvgIpc) is 3.06. The lowest BCUT2D eigenvalue weighted by atomic mass is 10.1. The Morgan fingerprint density at radius 1 is 1.15 bits per heavy atom. The number of para-hydroxylation sites is 1. The number of carbonyl (C=O) groups excluding carboxylic acids is 3. The maximum Gasteiger partial charge on any atom is 0.325 e. The molecule has 11 heteroatoms. The summed E-state index contributed by atoms with van der Waals surface area (Å²) in [5, 5.41) is 10.6. The molecule has 0 saturated carbocycles. The minimum Gasteiger partial charge on any atom is -0.490 e. The van der Waals surface area contributed by atoms with Crippen LogP contribution in [0.2, 0.25) is 0 Å². The number of ether oxygens (including phenoxy) is 3. The van der Waals surface area contributed by atoms with Crippen molar-refractivity contribution in [3.63, 3.8) is 0 Å². The molecule has 2 aromatic carbocycles. The third-order valence-corrected chi connectivity index (χ3v) is 5.43. The highest BCUT2D eigenvalue weighted by Crippen LogP contribution is 2.35. The van der Waals surface area contributed by atoms with Crippen LogP contribution in [0.4, 0.5) is 10.5 Å². The summed E-state index contributed by atoms with van der Waals surface area (Å²) in [5.74, 6) is -0.549. The molecule has 0 unspecified atom stereocenters. The molecule has 0 N–H and O–H groups in total. The van der Waals surface area contributed by atoms with Gasteiger partial charge in [0.25, 0.3) is 16.8 Å². The van der Waals surface area contributed by atoms with Crippen molar-refractivity contribution in [3.05, 3.63) is 68.6 Å². The fourth-order valence-corrected chi connectivity index (χ4v) is 3.79. The molecule has 172 valence electrons. The number of benzene rings is 2. The molecule has 0 aliphatic carbocycles. The number of nitrogens with zero attached hydrogens (tertiary/aromatic N) is 2. The number of carbonyl (C=O) groups is 3. The first-order chi connectivity index (χ1) is 15.8. The van der Waals surface area contributed by atoms with Gasteiger partial charge in [-0.05, 0) is 48.5 Å². The Balaban J connectivity index is 1.80. The predicted molar refractivity (Wildman–Crippen MR) is 120 cm³/mol. The van der Waals surface area contributed by atoms with Crippen molar-refractivity contribution >= 4 is 40.6 Å². The van der Waals surface area contributed by atoms with Gasteiger partial charge in [0, 0.05) is 6.07 Å². The Morgan fingerprint density at radius 2 is 1.91 bits per heavy atom. The second kappa shape index (κ2) is 10.6. The largest absolute Gasteiger partial charge is 0.490 e. The van der Waals surface area contributed by atoms with Crippen molar-refractivity contribution < 1.29 is 33.5 Å². The summed E-state index contributed by atoms with van der Waals surface area (Å²) in [6.45, 7) is 1.63. The summed E-state index contributed by atoms with van der Waals surface area (Å²) in [7, 11) is 1.17. The lowest BCUT2D eigenvalue weighted by Gasteiger charge is -2.13. The maximum atomic E-state index is 12.5. The van der Waals surface area contributed by atoms with Crippen LogP contribution in [0.15, 0.2) is 47.4 Å². The van der Waals surface area contributed by atoms with Crippen molar-refractivity contribution in [2.75, 3.05) is 20.3 Å². The number of hydrogen-bond acceptors (Lipinski definition) is 9. The third-order valence-electron chi connectivity index (χ3n) is 4.53. The van der Waals surface area contributed by atoms with Crippen molar-refractivity contribution in [2.45, 2.75) is 13.5 Å². The number of thioether (sulfide) groups is 1. The Hall–Kier alpha value is -3.86. The molecule has 1 fully saturated rings. The van der Waals surface area contributed by atoms with E-state index in [2.05, 4.69) is 4.74 Å². The fraction of sp³-hybridized carbons (Fsp3) is 0.227. The number of methoxy groups -OCH3 is 1. The number of hydrogen-bond donors (Lipinski definition) is 0. The highest BCUT2D eigenvalue weighted by atomic mass is 32.2. The van der Waals surface area contributed by atoms with E-state index in [9.17, 15) is 24.5 Å². The van der Waals surface area contributed by atoms with E-state index in [1.54, 1.807) is 43.3 Å². The molecule has 1 saturated heterocycles. The van der Waals surface area contributed by atoms with E-state index in [0.29, 0.717) is 29.2 Å². The van der Waals surface area contributed by atoms with Gasteiger partial charge < -0.3 is 14.2 Å². The summed E-state index contributed by atoms with van der Waals surface area (Å²) >= 11 is 0.719. The fourth-order valence-electron chi connectivity index (χ4n) is 2.95. The maximum absolute atomic E-state index is 12.5. The van der Waals surface area contributed by atoms with Crippen LogP contribution in [-0.4, -0.2) is 47.2 Å². The van der Waals surface area contributed by atoms with Crippen LogP contribution in [0.3, 0.4) is 0 Å². The first-order valence-electron chi connectivity index (χ1n) is 9.78. The normalized spacial score (nSPS) is 14.5. The molecule has 2 aromatic rings. The predicted octanol–water partition coefficient (Wildman–Crippen LogP) is 3.78. The number of amides is 2. The van der Waals surface area contributed by atoms with E-state index >= 15 is 0 Å². The smallest absolute Gasteiger partial charge is 0.325 e. The monoisotopic (exact) mass is 472 g/mol. The standard InChI is InChI=1S/C22H20N2O8S/c1-3-31-18-10-14(11-19-21(26)23(22(27)33-19)12-20(25)30-2)8-9-17(18)32-13-15-6-4-5-7-16(15)24(28)29/h4-11H,3,12-13H2,1-2H3/b19-11-. The van der Waals surface area contributed by atoms with Gasteiger partial charge in [0.2, 0.25) is 0 Å². The lowest BCUT2D eigenvalue weighted by Crippen LogP contribution is -2.34. The van der Waals surface area contributed by atoms with Crippen molar-refractivity contribution in [3.8, 4) is 11.5 Å². The third kappa shape index (κ3) is 5.69. The quantitative estimate of drug-likeness (QED) is 0.232. The molecule has 1 aliphatic heterocycles. The van der Waals surface area contributed by atoms with Crippen molar-refractivity contribution in [1.82, 2.24) is 4.90 Å². The van der Waals surface area contributed by atoms with Gasteiger partial charge in [-0.2, -0.15) is 0 Å². The van der Waals surface area contributed by atoms with Gasteiger partial charge >= 0.3 is 5.97 Å². The van der Waals surface area contributed by atoms with Gasteiger partial charge in [0.1, 0.15) is 13.2 Å². The second-order valence-corrected chi connectivity index (χ2v) is 7.65. The van der Waals surface area contributed by atoms with E-state index in [1.807, 2.05) is 0 Å². The SMILES string of the molecule is CCOc1cc(/C=C2\SC(=O)N(CC(=O)OC)C2=O)ccc1OCc1ccccc1[N+](=O)[O-]. The second-order valence-electron chi connectivity index (χ2n) is 6.66. The molecule has 0 radical (unpaired) electrons. The number of nitro benzene ring substituents is 1. The van der Waals surface area contributed by atoms with E-state index in [4.69, 9.17) is 9.47 Å². The first kappa shape index (κ1) is 23.8. The Kier molecular flexibility index (Phi) is 7.67. The van der Waals surface area contributed by atoms with Crippen molar-refractivity contribution in [2.24, 2.45) is 0 Å². The molecule has 1 aliphatic rings. The topological polar surface area (TPSA) is 125 Å². The molecule has 10 nitrogen and oxygen atoms in total. The summed E-state index contributed by atoms with van der Waals surface area (Å²) in [6, 6.07) is 11.2. The lowest BCUT2D eigenvalue weighted by molar-refractivity contribution is -0.385. The summed E-state index contributed by atoms with van der Waals surface area (Å²) in [6.07, 6.45) is 1.51. The van der Waals surface area contributed by atoms with E-state index in [1.165, 1.54) is 19.3 Å². The molecule has 2 amide bonds. The highest BCUT2D eigenvalue weighted by molar-refractivity contribution is 8.18. The van der Waals surface area contributed by atoms with Gasteiger partial charge in [-0.1, -0.05) is 18.2 Å². The van der Waals surface area contributed by atoms with Gasteiger partial charge in [0.15, 0.2) is 11.5 Å². The van der Waals surface area contributed by atoms with Gasteiger partial charge in [-0.15, -0.1) is 0 Å². The molecule has 0 bridgehead atoms. The van der Waals surface area contributed by atoms with E-state index in [-0.39, 0.29) is 17.2 Å².